The van der Waals surface area contributed by atoms with E-state index in [4.69, 9.17) is 0 Å². The van der Waals surface area contributed by atoms with Gasteiger partial charge in [0.1, 0.15) is 5.41 Å². The highest BCUT2D eigenvalue weighted by Gasteiger charge is 2.59. The van der Waals surface area contributed by atoms with E-state index in [2.05, 4.69) is 13.8 Å². The molecule has 22 heavy (non-hydrogen) atoms. The van der Waals surface area contributed by atoms with Crippen LogP contribution in [0.5, 0.6) is 0 Å². The summed E-state index contributed by atoms with van der Waals surface area (Å²) in [6.07, 6.45) is 3.98. The highest BCUT2D eigenvalue weighted by Crippen LogP contribution is 2.49. The van der Waals surface area contributed by atoms with Gasteiger partial charge in [-0.25, -0.2) is 0 Å². The molecule has 3 amide bonds. The zero-order chi connectivity index (χ0) is 16.2. The van der Waals surface area contributed by atoms with Gasteiger partial charge in [0.05, 0.1) is 0 Å². The zero-order valence-corrected chi connectivity index (χ0v) is 13.7. The van der Waals surface area contributed by atoms with Gasteiger partial charge in [-0.3, -0.25) is 14.4 Å². The van der Waals surface area contributed by atoms with Crippen LogP contribution in [0.25, 0.3) is 0 Å². The third-order valence-corrected chi connectivity index (χ3v) is 4.59. The van der Waals surface area contributed by atoms with Crippen molar-refractivity contribution in [2.45, 2.75) is 39.5 Å². The first-order chi connectivity index (χ1) is 10.6. The van der Waals surface area contributed by atoms with Gasteiger partial charge in [0.25, 0.3) is 0 Å². The number of hydrogen-bond acceptors (Lipinski definition) is 3. The van der Waals surface area contributed by atoms with Gasteiger partial charge < -0.3 is 14.7 Å². The molecule has 1 aliphatic carbocycles. The van der Waals surface area contributed by atoms with Gasteiger partial charge in [-0.2, -0.15) is 0 Å². The van der Waals surface area contributed by atoms with Gasteiger partial charge in [0, 0.05) is 39.3 Å². The lowest BCUT2D eigenvalue weighted by Gasteiger charge is -2.35. The second-order valence-corrected chi connectivity index (χ2v) is 6.31. The fourth-order valence-corrected chi connectivity index (χ4v) is 3.13. The summed E-state index contributed by atoms with van der Waals surface area (Å²) in [6, 6.07) is 0. The van der Waals surface area contributed by atoms with Gasteiger partial charge in [0.15, 0.2) is 0 Å². The van der Waals surface area contributed by atoms with Gasteiger partial charge in [-0.05, 0) is 25.7 Å². The van der Waals surface area contributed by atoms with Crippen LogP contribution in [0.2, 0.25) is 0 Å². The lowest BCUT2D eigenvalue weighted by Crippen LogP contribution is -2.53. The summed E-state index contributed by atoms with van der Waals surface area (Å²) < 4.78 is 0. The molecule has 1 heterocycles. The molecule has 6 heteroatoms. The maximum atomic E-state index is 12.8. The molecule has 6 nitrogen and oxygen atoms in total. The maximum Gasteiger partial charge on any atom is 0.238 e. The standard InChI is InChI=1S/C16H27N3O3/c1-3-7-18(8-4-2)14(21)16(5-6-16)15(22)19-11-9-17(13-20)10-12-19/h13H,3-12H2,1-2H3. The average molecular weight is 309 g/mol. The topological polar surface area (TPSA) is 60.9 Å². The lowest BCUT2D eigenvalue weighted by molar-refractivity contribution is -0.151. The first-order valence-corrected chi connectivity index (χ1v) is 8.37. The Balaban J connectivity index is 2.01. The van der Waals surface area contributed by atoms with Crippen molar-refractivity contribution in [3.8, 4) is 0 Å². The molecule has 124 valence electrons. The number of rotatable bonds is 7. The van der Waals surface area contributed by atoms with Crippen LogP contribution in [0.3, 0.4) is 0 Å². The van der Waals surface area contributed by atoms with Crippen molar-refractivity contribution in [1.29, 1.82) is 0 Å². The van der Waals surface area contributed by atoms with Gasteiger partial charge in [0.2, 0.25) is 18.2 Å². The lowest BCUT2D eigenvalue weighted by atomic mass is 10.0. The monoisotopic (exact) mass is 309 g/mol. The molecule has 0 aromatic rings. The summed E-state index contributed by atoms with van der Waals surface area (Å²) in [7, 11) is 0. The molecule has 1 saturated heterocycles. The molecule has 2 fully saturated rings. The van der Waals surface area contributed by atoms with E-state index in [1.807, 2.05) is 4.90 Å². The summed E-state index contributed by atoms with van der Waals surface area (Å²) in [4.78, 5) is 41.7. The van der Waals surface area contributed by atoms with Crippen molar-refractivity contribution in [2.75, 3.05) is 39.3 Å². The fraction of sp³-hybridized carbons (Fsp3) is 0.812. The van der Waals surface area contributed by atoms with Crippen molar-refractivity contribution in [3.63, 3.8) is 0 Å². The van der Waals surface area contributed by atoms with Crippen LogP contribution in [-0.2, 0) is 14.4 Å². The quantitative estimate of drug-likeness (QED) is 0.514. The third kappa shape index (κ3) is 3.25. The SMILES string of the molecule is CCCN(CCC)C(=O)C1(C(=O)N2CCN(C=O)CC2)CC1. The van der Waals surface area contributed by atoms with Gasteiger partial charge >= 0.3 is 0 Å². The second-order valence-electron chi connectivity index (χ2n) is 6.31. The average Bonchev–Trinajstić information content (AvgIpc) is 3.35. The Bertz CT molecular complexity index is 420. The van der Waals surface area contributed by atoms with Crippen molar-refractivity contribution >= 4 is 18.2 Å². The molecule has 0 aromatic carbocycles. The molecule has 0 N–H and O–H groups in total. The van der Waals surface area contributed by atoms with E-state index in [0.717, 1.165) is 32.3 Å². The molecule has 2 rings (SSSR count). The summed E-state index contributed by atoms with van der Waals surface area (Å²) in [5.41, 5.74) is -0.798. The van der Waals surface area contributed by atoms with E-state index in [1.54, 1.807) is 9.80 Å². The van der Waals surface area contributed by atoms with Crippen LogP contribution in [0.1, 0.15) is 39.5 Å². The normalized spacial score (nSPS) is 19.7. The Hall–Kier alpha value is -1.59. The van der Waals surface area contributed by atoms with E-state index < -0.39 is 5.41 Å². The Kier molecular flexibility index (Phi) is 5.42. The van der Waals surface area contributed by atoms with E-state index in [9.17, 15) is 14.4 Å². The molecule has 2 aliphatic rings. The van der Waals surface area contributed by atoms with Gasteiger partial charge in [-0.1, -0.05) is 13.8 Å². The van der Waals surface area contributed by atoms with Crippen LogP contribution in [0, 0.1) is 5.41 Å². The predicted octanol–water partition coefficient (Wildman–Crippen LogP) is 0.716. The number of piperazine rings is 1. The Labute approximate surface area is 132 Å². The first kappa shape index (κ1) is 16.8. The molecule has 0 spiro atoms. The molecular weight excluding hydrogens is 282 g/mol. The smallest absolute Gasteiger partial charge is 0.238 e. The zero-order valence-electron chi connectivity index (χ0n) is 13.7. The fourth-order valence-electron chi connectivity index (χ4n) is 3.13. The van der Waals surface area contributed by atoms with Crippen molar-refractivity contribution < 1.29 is 14.4 Å². The highest BCUT2D eigenvalue weighted by atomic mass is 16.2. The minimum Gasteiger partial charge on any atom is -0.342 e. The van der Waals surface area contributed by atoms with E-state index in [1.165, 1.54) is 0 Å². The Morgan fingerprint density at radius 1 is 1.05 bits per heavy atom. The van der Waals surface area contributed by atoms with Crippen molar-refractivity contribution in [1.82, 2.24) is 14.7 Å². The molecule has 0 aromatic heterocycles. The van der Waals surface area contributed by atoms with E-state index >= 15 is 0 Å². The predicted molar refractivity (Wildman–Crippen MR) is 83.0 cm³/mol. The molecule has 1 aliphatic heterocycles. The van der Waals surface area contributed by atoms with Crippen LogP contribution in [0.15, 0.2) is 0 Å². The summed E-state index contributed by atoms with van der Waals surface area (Å²) in [5, 5.41) is 0. The van der Waals surface area contributed by atoms with E-state index in [0.29, 0.717) is 39.0 Å². The summed E-state index contributed by atoms with van der Waals surface area (Å²) >= 11 is 0. The van der Waals surface area contributed by atoms with Crippen molar-refractivity contribution in [3.05, 3.63) is 0 Å². The highest BCUT2D eigenvalue weighted by molar-refractivity contribution is 6.07. The maximum absolute atomic E-state index is 12.8. The molecule has 0 atom stereocenters. The number of carbonyl (C=O) groups is 3. The third-order valence-electron chi connectivity index (χ3n) is 4.59. The largest absolute Gasteiger partial charge is 0.342 e. The van der Waals surface area contributed by atoms with Crippen LogP contribution < -0.4 is 0 Å². The number of hydrogen-bond donors (Lipinski definition) is 0. The van der Waals surface area contributed by atoms with Gasteiger partial charge in [-0.15, -0.1) is 0 Å². The number of nitrogens with zero attached hydrogens (tertiary/aromatic N) is 3. The Morgan fingerprint density at radius 2 is 1.59 bits per heavy atom. The van der Waals surface area contributed by atoms with Crippen molar-refractivity contribution in [2.24, 2.45) is 5.41 Å². The first-order valence-electron chi connectivity index (χ1n) is 8.37. The van der Waals surface area contributed by atoms with Crippen LogP contribution >= 0.6 is 0 Å². The summed E-state index contributed by atoms with van der Waals surface area (Å²) in [6.45, 7) is 7.75. The molecule has 0 radical (unpaired) electrons. The number of carbonyl (C=O) groups excluding carboxylic acids is 3. The molecule has 0 unspecified atom stereocenters. The molecule has 1 saturated carbocycles. The minimum atomic E-state index is -0.798. The summed E-state index contributed by atoms with van der Waals surface area (Å²) in [5.74, 6) is -0.0146. The molecule has 0 bridgehead atoms. The molecular formula is C16H27N3O3. The van der Waals surface area contributed by atoms with E-state index in [-0.39, 0.29) is 11.8 Å². The second kappa shape index (κ2) is 7.11. The van der Waals surface area contributed by atoms with Crippen LogP contribution in [-0.4, -0.2) is 72.2 Å². The minimum absolute atomic E-state index is 0.0130. The van der Waals surface area contributed by atoms with Crippen LogP contribution in [0.4, 0.5) is 0 Å². The number of amides is 3. The Morgan fingerprint density at radius 3 is 2.00 bits per heavy atom.